The molecule has 0 unspecified atom stereocenters. The van der Waals surface area contributed by atoms with Gasteiger partial charge in [0.1, 0.15) is 0 Å². The summed E-state index contributed by atoms with van der Waals surface area (Å²) in [6, 6.07) is 1.56. The summed E-state index contributed by atoms with van der Waals surface area (Å²) in [6.45, 7) is 5.87. The number of hydrogen-bond acceptors (Lipinski definition) is 4. The third-order valence-corrected chi connectivity index (χ3v) is 4.66. The van der Waals surface area contributed by atoms with Crippen LogP contribution in [0.2, 0.25) is 0 Å². The predicted octanol–water partition coefficient (Wildman–Crippen LogP) is 0.517. The Morgan fingerprint density at radius 3 is 2.50 bits per heavy atom. The molecule has 0 aromatic heterocycles. The lowest BCUT2D eigenvalue weighted by atomic mass is 9.90. The van der Waals surface area contributed by atoms with E-state index in [9.17, 15) is 0 Å². The summed E-state index contributed by atoms with van der Waals surface area (Å²) in [5.41, 5.74) is 0. The molecule has 18 heavy (non-hydrogen) atoms. The van der Waals surface area contributed by atoms with Gasteiger partial charge in [0, 0.05) is 31.7 Å². The normalized spacial score (nSPS) is 32.3. The molecular formula is C14H29N3O. The molecule has 4 heteroatoms. The van der Waals surface area contributed by atoms with Gasteiger partial charge in [0.05, 0.1) is 6.61 Å². The lowest BCUT2D eigenvalue weighted by molar-refractivity contribution is 0.144. The van der Waals surface area contributed by atoms with Gasteiger partial charge in [-0.15, -0.1) is 0 Å². The molecule has 0 radical (unpaired) electrons. The number of aliphatic hydroxyl groups is 1. The monoisotopic (exact) mass is 255 g/mol. The Morgan fingerprint density at radius 2 is 1.83 bits per heavy atom. The predicted molar refractivity (Wildman–Crippen MR) is 74.8 cm³/mol. The van der Waals surface area contributed by atoms with E-state index in [0.29, 0.717) is 6.61 Å². The zero-order chi connectivity index (χ0) is 12.8. The minimum atomic E-state index is 0.299. The summed E-state index contributed by atoms with van der Waals surface area (Å²) >= 11 is 0. The van der Waals surface area contributed by atoms with Gasteiger partial charge < -0.3 is 10.4 Å². The Balaban J connectivity index is 1.76. The first kappa shape index (κ1) is 14.3. The second-order valence-electron chi connectivity index (χ2n) is 5.75. The smallest absolute Gasteiger partial charge is 0.0558 e. The van der Waals surface area contributed by atoms with Gasteiger partial charge >= 0.3 is 0 Å². The van der Waals surface area contributed by atoms with Crippen molar-refractivity contribution in [2.45, 2.75) is 44.2 Å². The SMILES string of the molecule is CNC1CCC(N2CCCN(CCO)CC2)CC1. The molecule has 2 rings (SSSR count). The average molecular weight is 255 g/mol. The molecular weight excluding hydrogens is 226 g/mol. The quantitative estimate of drug-likeness (QED) is 0.768. The summed E-state index contributed by atoms with van der Waals surface area (Å²) in [5.74, 6) is 0. The highest BCUT2D eigenvalue weighted by Crippen LogP contribution is 2.23. The Kier molecular flexibility index (Phi) is 5.89. The summed E-state index contributed by atoms with van der Waals surface area (Å²) in [4.78, 5) is 5.10. The first-order valence-electron chi connectivity index (χ1n) is 7.58. The third-order valence-electron chi connectivity index (χ3n) is 4.66. The van der Waals surface area contributed by atoms with Gasteiger partial charge in [0.15, 0.2) is 0 Å². The van der Waals surface area contributed by atoms with E-state index in [2.05, 4.69) is 22.2 Å². The second-order valence-corrected chi connectivity index (χ2v) is 5.75. The van der Waals surface area contributed by atoms with Crippen molar-refractivity contribution in [3.8, 4) is 0 Å². The maximum atomic E-state index is 9.02. The number of aliphatic hydroxyl groups excluding tert-OH is 1. The minimum Gasteiger partial charge on any atom is -0.395 e. The fourth-order valence-electron chi connectivity index (χ4n) is 3.45. The molecule has 1 aliphatic carbocycles. The van der Waals surface area contributed by atoms with Crippen molar-refractivity contribution in [1.29, 1.82) is 0 Å². The number of nitrogens with zero attached hydrogens (tertiary/aromatic N) is 2. The average Bonchev–Trinajstić information content (AvgIpc) is 2.65. The van der Waals surface area contributed by atoms with Crippen LogP contribution in [0.3, 0.4) is 0 Å². The van der Waals surface area contributed by atoms with Gasteiger partial charge in [-0.05, 0) is 52.2 Å². The van der Waals surface area contributed by atoms with Crippen molar-refractivity contribution in [2.75, 3.05) is 46.4 Å². The van der Waals surface area contributed by atoms with Gasteiger partial charge in [0.2, 0.25) is 0 Å². The molecule has 0 aromatic rings. The van der Waals surface area contributed by atoms with Crippen LogP contribution in [0.1, 0.15) is 32.1 Å². The van der Waals surface area contributed by atoms with E-state index in [-0.39, 0.29) is 0 Å². The van der Waals surface area contributed by atoms with E-state index in [4.69, 9.17) is 5.11 Å². The highest BCUT2D eigenvalue weighted by molar-refractivity contribution is 4.84. The van der Waals surface area contributed by atoms with E-state index >= 15 is 0 Å². The number of hydrogen-bond donors (Lipinski definition) is 2. The molecule has 2 N–H and O–H groups in total. The Bertz CT molecular complexity index is 229. The molecule has 0 bridgehead atoms. The van der Waals surface area contributed by atoms with Crippen LogP contribution in [0.4, 0.5) is 0 Å². The van der Waals surface area contributed by atoms with Crippen LogP contribution in [0.15, 0.2) is 0 Å². The van der Waals surface area contributed by atoms with Crippen molar-refractivity contribution < 1.29 is 5.11 Å². The summed E-state index contributed by atoms with van der Waals surface area (Å²) < 4.78 is 0. The van der Waals surface area contributed by atoms with Crippen LogP contribution in [0.25, 0.3) is 0 Å². The second kappa shape index (κ2) is 7.43. The Morgan fingerprint density at radius 1 is 1.06 bits per heavy atom. The molecule has 1 heterocycles. The zero-order valence-corrected chi connectivity index (χ0v) is 11.8. The van der Waals surface area contributed by atoms with E-state index in [0.717, 1.165) is 31.7 Å². The Hall–Kier alpha value is -0.160. The van der Waals surface area contributed by atoms with Gasteiger partial charge in [-0.2, -0.15) is 0 Å². The maximum Gasteiger partial charge on any atom is 0.0558 e. The fraction of sp³-hybridized carbons (Fsp3) is 1.00. The summed E-state index contributed by atoms with van der Waals surface area (Å²) in [7, 11) is 2.09. The highest BCUT2D eigenvalue weighted by Gasteiger charge is 2.26. The van der Waals surface area contributed by atoms with Crippen molar-refractivity contribution in [3.63, 3.8) is 0 Å². The molecule has 1 aliphatic heterocycles. The van der Waals surface area contributed by atoms with Crippen LogP contribution in [0.5, 0.6) is 0 Å². The van der Waals surface area contributed by atoms with Crippen molar-refractivity contribution in [3.05, 3.63) is 0 Å². The van der Waals surface area contributed by atoms with Crippen molar-refractivity contribution in [2.24, 2.45) is 0 Å². The summed E-state index contributed by atoms with van der Waals surface area (Å²) in [5, 5.41) is 12.4. The molecule has 0 amide bonds. The van der Waals surface area contributed by atoms with E-state index < -0.39 is 0 Å². The first-order chi connectivity index (χ1) is 8.83. The Labute approximate surface area is 111 Å². The minimum absolute atomic E-state index is 0.299. The molecule has 1 saturated carbocycles. The van der Waals surface area contributed by atoms with Crippen molar-refractivity contribution in [1.82, 2.24) is 15.1 Å². The first-order valence-corrected chi connectivity index (χ1v) is 7.58. The third kappa shape index (κ3) is 3.92. The maximum absolute atomic E-state index is 9.02. The molecule has 0 spiro atoms. The van der Waals surface area contributed by atoms with Gasteiger partial charge in [-0.25, -0.2) is 0 Å². The van der Waals surface area contributed by atoms with Gasteiger partial charge in [-0.1, -0.05) is 0 Å². The molecule has 2 fully saturated rings. The highest BCUT2D eigenvalue weighted by atomic mass is 16.3. The van der Waals surface area contributed by atoms with Crippen LogP contribution in [-0.2, 0) is 0 Å². The molecule has 1 saturated heterocycles. The lowest BCUT2D eigenvalue weighted by Crippen LogP contribution is -2.43. The fourth-order valence-corrected chi connectivity index (χ4v) is 3.45. The largest absolute Gasteiger partial charge is 0.395 e. The van der Waals surface area contributed by atoms with Gasteiger partial charge in [-0.3, -0.25) is 9.80 Å². The van der Waals surface area contributed by atoms with Gasteiger partial charge in [0.25, 0.3) is 0 Å². The van der Waals surface area contributed by atoms with Crippen LogP contribution in [-0.4, -0.2) is 73.4 Å². The van der Waals surface area contributed by atoms with Crippen LogP contribution < -0.4 is 5.32 Å². The molecule has 0 atom stereocenters. The topological polar surface area (TPSA) is 38.7 Å². The van der Waals surface area contributed by atoms with E-state index in [1.165, 1.54) is 45.2 Å². The van der Waals surface area contributed by atoms with E-state index in [1.807, 2.05) is 0 Å². The molecule has 2 aliphatic rings. The lowest BCUT2D eigenvalue weighted by Gasteiger charge is -2.36. The zero-order valence-electron chi connectivity index (χ0n) is 11.8. The molecule has 4 nitrogen and oxygen atoms in total. The molecule has 0 aromatic carbocycles. The van der Waals surface area contributed by atoms with Crippen LogP contribution >= 0.6 is 0 Å². The van der Waals surface area contributed by atoms with Crippen LogP contribution in [0, 0.1) is 0 Å². The number of β-amino-alcohol motifs (C(OH)–C–C–N with tert-alkyl or cyclic N) is 1. The number of rotatable bonds is 4. The number of nitrogens with one attached hydrogen (secondary N) is 1. The molecule has 106 valence electrons. The van der Waals surface area contributed by atoms with E-state index in [1.54, 1.807) is 0 Å². The summed E-state index contributed by atoms with van der Waals surface area (Å²) in [6.07, 6.45) is 6.62. The standard InChI is InChI=1S/C14H29N3O/c1-15-13-3-5-14(6-4-13)17-8-2-7-16(9-10-17)11-12-18/h13-15,18H,2-12H2,1H3. The van der Waals surface area contributed by atoms with Crippen molar-refractivity contribution >= 4 is 0 Å².